The van der Waals surface area contributed by atoms with Crippen molar-refractivity contribution in [3.63, 3.8) is 0 Å². The summed E-state index contributed by atoms with van der Waals surface area (Å²) in [5.41, 5.74) is 3.02. The van der Waals surface area contributed by atoms with Crippen LogP contribution in [0.5, 0.6) is 0 Å². The Morgan fingerprint density at radius 2 is 1.88 bits per heavy atom. The first-order valence-electron chi connectivity index (χ1n) is 7.96. The van der Waals surface area contributed by atoms with Crippen molar-refractivity contribution in [3.8, 4) is 0 Å². The third-order valence-electron chi connectivity index (χ3n) is 4.25. The van der Waals surface area contributed by atoms with Gasteiger partial charge in [0.25, 0.3) is 5.91 Å². The highest BCUT2D eigenvalue weighted by atomic mass is 79.9. The number of nitrogens with zero attached hydrogens (tertiary/aromatic N) is 1. The molecule has 1 aliphatic rings. The summed E-state index contributed by atoms with van der Waals surface area (Å²) in [4.78, 5) is 26.7. The molecule has 124 valence electrons. The normalized spacial score (nSPS) is 14.7. The molecule has 0 saturated carbocycles. The number of hydrogen-bond donors (Lipinski definition) is 1. The van der Waals surface area contributed by atoms with Crippen LogP contribution in [0.2, 0.25) is 0 Å². The molecular formula is C19H19BrN2O2. The minimum Gasteiger partial charge on any atom is -0.341 e. The van der Waals surface area contributed by atoms with E-state index in [4.69, 9.17) is 0 Å². The highest BCUT2D eigenvalue weighted by Crippen LogP contribution is 2.19. The largest absolute Gasteiger partial charge is 0.341 e. The van der Waals surface area contributed by atoms with Crippen LogP contribution in [0.25, 0.3) is 0 Å². The van der Waals surface area contributed by atoms with Gasteiger partial charge in [-0.25, -0.2) is 0 Å². The van der Waals surface area contributed by atoms with Gasteiger partial charge < -0.3 is 10.2 Å². The molecule has 2 amide bonds. The second-order valence-electron chi connectivity index (χ2n) is 5.98. The second kappa shape index (κ2) is 7.18. The summed E-state index contributed by atoms with van der Waals surface area (Å²) in [5, 5.41) is 2.79. The van der Waals surface area contributed by atoms with E-state index in [1.165, 1.54) is 11.1 Å². The lowest BCUT2D eigenvalue weighted by Gasteiger charge is -2.31. The van der Waals surface area contributed by atoms with Gasteiger partial charge in [0.15, 0.2) is 0 Å². The molecule has 24 heavy (non-hydrogen) atoms. The van der Waals surface area contributed by atoms with E-state index in [-0.39, 0.29) is 11.8 Å². The van der Waals surface area contributed by atoms with E-state index < -0.39 is 6.04 Å². The maximum atomic E-state index is 12.6. The lowest BCUT2D eigenvalue weighted by molar-refractivity contribution is -0.133. The fourth-order valence-electron chi connectivity index (χ4n) is 2.93. The average Bonchev–Trinajstić information content (AvgIpc) is 2.60. The number of halogens is 1. The van der Waals surface area contributed by atoms with Gasteiger partial charge in [-0.15, -0.1) is 0 Å². The molecule has 0 spiro atoms. The minimum absolute atomic E-state index is 0.0483. The molecule has 4 nitrogen and oxygen atoms in total. The van der Waals surface area contributed by atoms with Crippen LogP contribution in [0.3, 0.4) is 0 Å². The van der Waals surface area contributed by atoms with Crippen LogP contribution < -0.4 is 5.32 Å². The van der Waals surface area contributed by atoms with Crippen LogP contribution >= 0.6 is 15.9 Å². The summed E-state index contributed by atoms with van der Waals surface area (Å²) in [6, 6.07) is 14.8. The number of carbonyl (C=O) groups is 2. The summed E-state index contributed by atoms with van der Waals surface area (Å²) >= 11 is 3.35. The van der Waals surface area contributed by atoms with E-state index in [9.17, 15) is 9.59 Å². The number of nitrogens with one attached hydrogen (secondary N) is 1. The van der Waals surface area contributed by atoms with Crippen molar-refractivity contribution in [3.05, 3.63) is 69.7 Å². The van der Waals surface area contributed by atoms with Gasteiger partial charge in [-0.2, -0.15) is 0 Å². The van der Waals surface area contributed by atoms with Crippen molar-refractivity contribution < 1.29 is 9.59 Å². The van der Waals surface area contributed by atoms with Gasteiger partial charge in [-0.3, -0.25) is 9.59 Å². The molecule has 1 heterocycles. The van der Waals surface area contributed by atoms with Crippen LogP contribution in [-0.2, 0) is 17.8 Å². The van der Waals surface area contributed by atoms with Crippen molar-refractivity contribution in [2.45, 2.75) is 25.9 Å². The van der Waals surface area contributed by atoms with Gasteiger partial charge in [-0.05, 0) is 42.7 Å². The SMILES string of the molecule is C[C@H](NC(=O)c1cccc(Br)c1)C(=O)N1CCc2ccccc2C1. The molecule has 0 saturated heterocycles. The molecule has 1 N–H and O–H groups in total. The Morgan fingerprint density at radius 3 is 2.62 bits per heavy atom. The number of fused-ring (bicyclic) bond motifs is 1. The smallest absolute Gasteiger partial charge is 0.251 e. The fraction of sp³-hybridized carbons (Fsp3) is 0.263. The molecule has 2 aromatic rings. The zero-order chi connectivity index (χ0) is 17.1. The van der Waals surface area contributed by atoms with E-state index in [1.807, 2.05) is 23.1 Å². The van der Waals surface area contributed by atoms with Crippen molar-refractivity contribution in [2.24, 2.45) is 0 Å². The van der Waals surface area contributed by atoms with E-state index >= 15 is 0 Å². The minimum atomic E-state index is -0.554. The summed E-state index contributed by atoms with van der Waals surface area (Å²) in [5.74, 6) is -0.289. The van der Waals surface area contributed by atoms with Gasteiger partial charge in [0.05, 0.1) is 0 Å². The summed E-state index contributed by atoms with van der Waals surface area (Å²) < 4.78 is 0.835. The van der Waals surface area contributed by atoms with Crippen molar-refractivity contribution in [1.29, 1.82) is 0 Å². The molecule has 0 bridgehead atoms. The second-order valence-corrected chi connectivity index (χ2v) is 6.90. The van der Waals surface area contributed by atoms with E-state index in [0.717, 1.165) is 10.9 Å². The number of amides is 2. The quantitative estimate of drug-likeness (QED) is 0.880. The number of benzene rings is 2. The standard InChI is InChI=1S/C19H19BrN2O2/c1-13(21-18(23)15-7-4-8-17(20)11-15)19(24)22-10-9-14-5-2-3-6-16(14)12-22/h2-8,11,13H,9-10,12H2,1H3,(H,21,23)/t13-/m0/s1. The molecule has 1 atom stereocenters. The third-order valence-corrected chi connectivity index (χ3v) is 4.74. The topological polar surface area (TPSA) is 49.4 Å². The van der Waals surface area contributed by atoms with Crippen molar-refractivity contribution >= 4 is 27.7 Å². The Balaban J connectivity index is 1.64. The van der Waals surface area contributed by atoms with Crippen LogP contribution in [0.15, 0.2) is 53.0 Å². The summed E-state index contributed by atoms with van der Waals surface area (Å²) in [6.45, 7) is 3.03. The van der Waals surface area contributed by atoms with E-state index in [1.54, 1.807) is 25.1 Å². The van der Waals surface area contributed by atoms with E-state index in [2.05, 4.69) is 33.4 Å². The predicted molar refractivity (Wildman–Crippen MR) is 96.6 cm³/mol. The van der Waals surface area contributed by atoms with E-state index in [0.29, 0.717) is 18.7 Å². The molecule has 2 aromatic carbocycles. The van der Waals surface area contributed by atoms with Crippen LogP contribution in [-0.4, -0.2) is 29.3 Å². The molecule has 1 aliphatic heterocycles. The molecule has 0 aromatic heterocycles. The van der Waals surface area contributed by atoms with Crippen molar-refractivity contribution in [2.75, 3.05) is 6.54 Å². The first-order valence-corrected chi connectivity index (χ1v) is 8.76. The lowest BCUT2D eigenvalue weighted by atomic mass is 9.99. The average molecular weight is 387 g/mol. The molecule has 0 unspecified atom stereocenters. The Hall–Kier alpha value is -2.14. The first-order chi connectivity index (χ1) is 11.5. The van der Waals surface area contributed by atoms with Crippen LogP contribution in [0.1, 0.15) is 28.4 Å². The number of hydrogen-bond acceptors (Lipinski definition) is 2. The zero-order valence-corrected chi connectivity index (χ0v) is 15.0. The molecule has 0 fully saturated rings. The van der Waals surface area contributed by atoms with Gasteiger partial charge in [0.1, 0.15) is 6.04 Å². The number of rotatable bonds is 3. The Bertz CT molecular complexity index is 775. The van der Waals surface area contributed by atoms with Gasteiger partial charge in [-0.1, -0.05) is 46.3 Å². The third kappa shape index (κ3) is 3.67. The maximum Gasteiger partial charge on any atom is 0.251 e. The number of carbonyl (C=O) groups excluding carboxylic acids is 2. The first kappa shape index (κ1) is 16.7. The highest BCUT2D eigenvalue weighted by molar-refractivity contribution is 9.10. The zero-order valence-electron chi connectivity index (χ0n) is 13.5. The Labute approximate surface area is 150 Å². The van der Waals surface area contributed by atoms with Crippen LogP contribution in [0, 0.1) is 0 Å². The molecular weight excluding hydrogens is 368 g/mol. The maximum absolute atomic E-state index is 12.6. The Kier molecular flexibility index (Phi) is 5.00. The summed E-state index contributed by atoms with van der Waals surface area (Å²) in [7, 11) is 0. The summed E-state index contributed by atoms with van der Waals surface area (Å²) in [6.07, 6.45) is 0.855. The Morgan fingerprint density at radius 1 is 1.12 bits per heavy atom. The van der Waals surface area contributed by atoms with Gasteiger partial charge >= 0.3 is 0 Å². The molecule has 5 heteroatoms. The van der Waals surface area contributed by atoms with Gasteiger partial charge in [0.2, 0.25) is 5.91 Å². The molecule has 3 rings (SSSR count). The van der Waals surface area contributed by atoms with Crippen LogP contribution in [0.4, 0.5) is 0 Å². The van der Waals surface area contributed by atoms with Crippen molar-refractivity contribution in [1.82, 2.24) is 10.2 Å². The molecule has 0 radical (unpaired) electrons. The monoisotopic (exact) mass is 386 g/mol. The fourth-order valence-corrected chi connectivity index (χ4v) is 3.33. The predicted octanol–water partition coefficient (Wildman–Crippen LogP) is 3.15. The molecule has 0 aliphatic carbocycles. The lowest BCUT2D eigenvalue weighted by Crippen LogP contribution is -2.48. The highest BCUT2D eigenvalue weighted by Gasteiger charge is 2.25. The van der Waals surface area contributed by atoms with Gasteiger partial charge in [0, 0.05) is 23.1 Å².